The van der Waals surface area contributed by atoms with Gasteiger partial charge >= 0.3 is 0 Å². The topological polar surface area (TPSA) is 55.1 Å². The number of hydrogen-bond donors (Lipinski definition) is 2. The van der Waals surface area contributed by atoms with Gasteiger partial charge in [0, 0.05) is 17.4 Å². The number of nitrogens with two attached hydrogens (primary N) is 1. The molecule has 0 radical (unpaired) electrons. The fourth-order valence-electron chi connectivity index (χ4n) is 2.37. The van der Waals surface area contributed by atoms with Crippen molar-refractivity contribution in [3.8, 4) is 0 Å². The lowest BCUT2D eigenvalue weighted by atomic mass is 9.66. The molecule has 0 bridgehead atoms. The van der Waals surface area contributed by atoms with Gasteiger partial charge in [0.15, 0.2) is 0 Å². The Bertz CT molecular complexity index is 424. The fraction of sp³-hybridized carbons (Fsp3) is 0.500. The van der Waals surface area contributed by atoms with Crippen LogP contribution in [0.4, 0.5) is 0 Å². The summed E-state index contributed by atoms with van der Waals surface area (Å²) in [4.78, 5) is 11.9. The van der Waals surface area contributed by atoms with Gasteiger partial charge in [-0.1, -0.05) is 40.5 Å². The van der Waals surface area contributed by atoms with E-state index < -0.39 is 0 Å². The van der Waals surface area contributed by atoms with Crippen LogP contribution in [0.5, 0.6) is 0 Å². The van der Waals surface area contributed by atoms with Gasteiger partial charge in [0.25, 0.3) is 0 Å². The Morgan fingerprint density at radius 2 is 2.11 bits per heavy atom. The first-order valence-corrected chi connectivity index (χ1v) is 7.15. The summed E-state index contributed by atoms with van der Waals surface area (Å²) in [5.41, 5.74) is 6.94. The minimum Gasteiger partial charge on any atom is -0.352 e. The maximum atomic E-state index is 11.9. The second kappa shape index (κ2) is 5.85. The third-order valence-electron chi connectivity index (χ3n) is 3.82. The monoisotopic (exact) mass is 310 g/mol. The van der Waals surface area contributed by atoms with Gasteiger partial charge in [0.1, 0.15) is 0 Å². The van der Waals surface area contributed by atoms with Crippen molar-refractivity contribution in [3.63, 3.8) is 0 Å². The van der Waals surface area contributed by atoms with Crippen molar-refractivity contribution >= 4 is 21.8 Å². The molecule has 2 rings (SSSR count). The molecule has 1 aliphatic carbocycles. The van der Waals surface area contributed by atoms with Crippen LogP contribution in [0.2, 0.25) is 0 Å². The predicted octanol–water partition coefficient (Wildman–Crippen LogP) is 2.58. The summed E-state index contributed by atoms with van der Waals surface area (Å²) < 4.78 is 1.03. The number of halogens is 1. The van der Waals surface area contributed by atoms with E-state index in [2.05, 4.69) is 21.2 Å². The standard InChI is InChI=1S/C14H19BrN2O/c15-12-5-2-1-4-11(12)9-17-13(18)8-14(10-16)6-3-7-14/h1-2,4-5H,3,6-10,16H2,(H,17,18). The molecule has 0 atom stereocenters. The van der Waals surface area contributed by atoms with Crippen LogP contribution < -0.4 is 11.1 Å². The van der Waals surface area contributed by atoms with Crippen molar-refractivity contribution in [3.05, 3.63) is 34.3 Å². The number of carbonyl (C=O) groups is 1. The lowest BCUT2D eigenvalue weighted by Crippen LogP contribution is -2.41. The minimum absolute atomic E-state index is 0.0814. The van der Waals surface area contributed by atoms with E-state index >= 15 is 0 Å². The van der Waals surface area contributed by atoms with E-state index in [4.69, 9.17) is 5.73 Å². The number of benzene rings is 1. The molecule has 1 aliphatic rings. The van der Waals surface area contributed by atoms with Crippen molar-refractivity contribution in [2.24, 2.45) is 11.1 Å². The molecule has 0 aromatic heterocycles. The summed E-state index contributed by atoms with van der Waals surface area (Å²) in [6, 6.07) is 7.92. The highest BCUT2D eigenvalue weighted by Gasteiger charge is 2.37. The molecule has 1 amide bonds. The van der Waals surface area contributed by atoms with E-state index in [1.807, 2.05) is 24.3 Å². The third kappa shape index (κ3) is 3.12. The molecule has 1 aromatic carbocycles. The summed E-state index contributed by atoms with van der Waals surface area (Å²) in [5, 5.41) is 2.97. The van der Waals surface area contributed by atoms with Crippen molar-refractivity contribution in [1.29, 1.82) is 0 Å². The molecular weight excluding hydrogens is 292 g/mol. The highest BCUT2D eigenvalue weighted by molar-refractivity contribution is 9.10. The molecule has 98 valence electrons. The van der Waals surface area contributed by atoms with Crippen molar-refractivity contribution in [1.82, 2.24) is 5.32 Å². The Kier molecular flexibility index (Phi) is 4.40. The van der Waals surface area contributed by atoms with Crippen molar-refractivity contribution < 1.29 is 4.79 Å². The first kappa shape index (κ1) is 13.6. The highest BCUT2D eigenvalue weighted by Crippen LogP contribution is 2.42. The number of carbonyl (C=O) groups excluding carboxylic acids is 1. The molecule has 0 aliphatic heterocycles. The molecule has 1 fully saturated rings. The minimum atomic E-state index is 0.0814. The Balaban J connectivity index is 1.83. The van der Waals surface area contributed by atoms with Crippen LogP contribution >= 0.6 is 15.9 Å². The molecule has 0 heterocycles. The van der Waals surface area contributed by atoms with Gasteiger partial charge in [0.2, 0.25) is 5.91 Å². The Morgan fingerprint density at radius 1 is 1.39 bits per heavy atom. The van der Waals surface area contributed by atoms with E-state index in [0.29, 0.717) is 19.5 Å². The smallest absolute Gasteiger partial charge is 0.220 e. The van der Waals surface area contributed by atoms with E-state index in [-0.39, 0.29) is 11.3 Å². The Hall–Kier alpha value is -0.870. The van der Waals surface area contributed by atoms with Crippen LogP contribution in [0.15, 0.2) is 28.7 Å². The number of rotatable bonds is 5. The largest absolute Gasteiger partial charge is 0.352 e. The zero-order valence-corrected chi connectivity index (χ0v) is 12.0. The quantitative estimate of drug-likeness (QED) is 0.878. The first-order chi connectivity index (χ1) is 8.65. The first-order valence-electron chi connectivity index (χ1n) is 6.35. The van der Waals surface area contributed by atoms with E-state index in [0.717, 1.165) is 22.9 Å². The summed E-state index contributed by atoms with van der Waals surface area (Å²) in [5.74, 6) is 0.107. The Morgan fingerprint density at radius 3 is 2.67 bits per heavy atom. The zero-order chi connectivity index (χ0) is 13.0. The van der Waals surface area contributed by atoms with Crippen LogP contribution in [0, 0.1) is 5.41 Å². The zero-order valence-electron chi connectivity index (χ0n) is 10.4. The molecule has 0 spiro atoms. The fourth-order valence-corrected chi connectivity index (χ4v) is 2.79. The lowest BCUT2D eigenvalue weighted by molar-refractivity contribution is -0.124. The summed E-state index contributed by atoms with van der Waals surface area (Å²) in [7, 11) is 0. The van der Waals surface area contributed by atoms with Gasteiger partial charge in [-0.05, 0) is 36.4 Å². The molecule has 3 N–H and O–H groups in total. The van der Waals surface area contributed by atoms with Crippen LogP contribution in [-0.4, -0.2) is 12.5 Å². The summed E-state index contributed by atoms with van der Waals surface area (Å²) in [6.45, 7) is 1.19. The van der Waals surface area contributed by atoms with Crippen LogP contribution in [0.25, 0.3) is 0 Å². The maximum absolute atomic E-state index is 11.9. The summed E-state index contributed by atoms with van der Waals surface area (Å²) >= 11 is 3.48. The number of nitrogens with one attached hydrogen (secondary N) is 1. The van der Waals surface area contributed by atoms with E-state index in [1.165, 1.54) is 6.42 Å². The van der Waals surface area contributed by atoms with E-state index in [9.17, 15) is 4.79 Å². The molecule has 1 saturated carbocycles. The molecule has 1 aromatic rings. The molecular formula is C14H19BrN2O. The van der Waals surface area contributed by atoms with Gasteiger partial charge in [-0.2, -0.15) is 0 Å². The van der Waals surface area contributed by atoms with Crippen molar-refractivity contribution in [2.75, 3.05) is 6.54 Å². The van der Waals surface area contributed by atoms with Crippen LogP contribution in [0.1, 0.15) is 31.2 Å². The number of hydrogen-bond acceptors (Lipinski definition) is 2. The SMILES string of the molecule is NCC1(CC(=O)NCc2ccccc2Br)CCC1. The van der Waals surface area contributed by atoms with Crippen LogP contribution in [0.3, 0.4) is 0 Å². The lowest BCUT2D eigenvalue weighted by Gasteiger charge is -2.40. The average Bonchev–Trinajstić information content (AvgIpc) is 2.33. The van der Waals surface area contributed by atoms with Gasteiger partial charge in [-0.25, -0.2) is 0 Å². The highest BCUT2D eigenvalue weighted by atomic mass is 79.9. The third-order valence-corrected chi connectivity index (χ3v) is 4.59. The second-order valence-electron chi connectivity index (χ2n) is 5.10. The predicted molar refractivity (Wildman–Crippen MR) is 75.9 cm³/mol. The molecule has 0 saturated heterocycles. The Labute approximate surface area is 116 Å². The van der Waals surface area contributed by atoms with Gasteiger partial charge < -0.3 is 11.1 Å². The van der Waals surface area contributed by atoms with Gasteiger partial charge in [0.05, 0.1) is 0 Å². The number of amides is 1. The van der Waals surface area contributed by atoms with Gasteiger partial charge in [-0.15, -0.1) is 0 Å². The normalized spacial score (nSPS) is 17.0. The molecule has 4 heteroatoms. The maximum Gasteiger partial charge on any atom is 0.220 e. The average molecular weight is 311 g/mol. The van der Waals surface area contributed by atoms with E-state index in [1.54, 1.807) is 0 Å². The second-order valence-corrected chi connectivity index (χ2v) is 5.96. The summed E-state index contributed by atoms with van der Waals surface area (Å²) in [6.07, 6.45) is 3.95. The molecule has 18 heavy (non-hydrogen) atoms. The van der Waals surface area contributed by atoms with Crippen molar-refractivity contribution in [2.45, 2.75) is 32.2 Å². The van der Waals surface area contributed by atoms with Crippen LogP contribution in [-0.2, 0) is 11.3 Å². The van der Waals surface area contributed by atoms with Gasteiger partial charge in [-0.3, -0.25) is 4.79 Å². The molecule has 0 unspecified atom stereocenters. The molecule has 3 nitrogen and oxygen atoms in total.